The van der Waals surface area contributed by atoms with Crippen LogP contribution in [-0.2, 0) is 28.6 Å². The zero-order valence-electron chi connectivity index (χ0n) is 39.3. The Labute approximate surface area is 360 Å². The summed E-state index contributed by atoms with van der Waals surface area (Å²) in [5.74, 6) is 0.377. The molecular formula is C51H97NO6. The Bertz CT molecular complexity index is 938. The van der Waals surface area contributed by atoms with Crippen molar-refractivity contribution in [1.29, 1.82) is 0 Å². The molecule has 0 fully saturated rings. The smallest absolute Gasteiger partial charge is 0.308 e. The highest BCUT2D eigenvalue weighted by molar-refractivity contribution is 5.82. The van der Waals surface area contributed by atoms with E-state index in [2.05, 4.69) is 44.9 Å². The number of ether oxygens (including phenoxy) is 3. The second kappa shape index (κ2) is 44.7. The maximum absolute atomic E-state index is 13.1. The van der Waals surface area contributed by atoms with Crippen molar-refractivity contribution in [1.82, 2.24) is 4.90 Å². The Hall–Kier alpha value is -1.89. The molecule has 0 aliphatic heterocycles. The highest BCUT2D eigenvalue weighted by Gasteiger charge is 2.20. The molecule has 0 saturated heterocycles. The molecule has 0 radical (unpaired) electrons. The summed E-state index contributed by atoms with van der Waals surface area (Å²) in [6, 6.07) is 0. The second-order valence-corrected chi connectivity index (χ2v) is 17.3. The fourth-order valence-electron chi connectivity index (χ4n) is 7.76. The first-order valence-corrected chi connectivity index (χ1v) is 25.2. The molecule has 0 N–H and O–H groups in total. The summed E-state index contributed by atoms with van der Waals surface area (Å²) >= 11 is 0. The van der Waals surface area contributed by atoms with Crippen molar-refractivity contribution in [3.05, 3.63) is 12.3 Å². The zero-order chi connectivity index (χ0) is 42.6. The van der Waals surface area contributed by atoms with Crippen LogP contribution in [-0.4, -0.2) is 62.1 Å². The Morgan fingerprint density at radius 3 is 1.43 bits per heavy atom. The monoisotopic (exact) mass is 820 g/mol. The van der Waals surface area contributed by atoms with Crippen molar-refractivity contribution < 1.29 is 28.6 Å². The number of nitrogens with zero attached hydrogens (tertiary/aromatic N) is 1. The van der Waals surface area contributed by atoms with Crippen LogP contribution in [0.3, 0.4) is 0 Å². The quantitative estimate of drug-likeness (QED) is 0.0447. The molecule has 7 heteroatoms. The zero-order valence-corrected chi connectivity index (χ0v) is 39.3. The van der Waals surface area contributed by atoms with Gasteiger partial charge in [0.1, 0.15) is 6.61 Å². The van der Waals surface area contributed by atoms with Gasteiger partial charge in [0, 0.05) is 32.5 Å². The van der Waals surface area contributed by atoms with E-state index in [1.807, 2.05) is 0 Å². The molecule has 58 heavy (non-hydrogen) atoms. The third-order valence-corrected chi connectivity index (χ3v) is 11.6. The first-order valence-electron chi connectivity index (χ1n) is 25.2. The van der Waals surface area contributed by atoms with Gasteiger partial charge in [0.25, 0.3) is 0 Å². The molecule has 0 bridgehead atoms. The van der Waals surface area contributed by atoms with Crippen molar-refractivity contribution in [2.24, 2.45) is 11.8 Å². The second-order valence-electron chi connectivity index (χ2n) is 17.3. The number of Topliss-reactive ketones (excluding diaryl/α,β-unsaturated/α-hetero) is 1. The van der Waals surface area contributed by atoms with Crippen molar-refractivity contribution in [3.8, 4) is 0 Å². The van der Waals surface area contributed by atoms with Crippen molar-refractivity contribution >= 4 is 17.7 Å². The molecule has 0 saturated carbocycles. The van der Waals surface area contributed by atoms with Crippen LogP contribution in [0.25, 0.3) is 0 Å². The van der Waals surface area contributed by atoms with Crippen LogP contribution >= 0.6 is 0 Å². The SMILES string of the molecule is CCCCCCCCC(CCCCCC)C(=O)COCCCCCCN(/C=C/CCCCOC(=O)C(CCCCCC)CCCCCCCC)CCCCOC(C)=O. The van der Waals surface area contributed by atoms with Gasteiger partial charge in [-0.3, -0.25) is 14.4 Å². The van der Waals surface area contributed by atoms with Gasteiger partial charge in [-0.2, -0.15) is 0 Å². The number of esters is 2. The molecule has 0 rings (SSSR count). The molecule has 0 aliphatic rings. The average Bonchev–Trinajstić information content (AvgIpc) is 3.21. The summed E-state index contributed by atoms with van der Waals surface area (Å²) in [7, 11) is 0. The highest BCUT2D eigenvalue weighted by Crippen LogP contribution is 2.22. The van der Waals surface area contributed by atoms with E-state index in [1.54, 1.807) is 0 Å². The van der Waals surface area contributed by atoms with E-state index >= 15 is 0 Å². The van der Waals surface area contributed by atoms with Gasteiger partial charge in [0.15, 0.2) is 5.78 Å². The fraction of sp³-hybridized carbons (Fsp3) is 0.902. The van der Waals surface area contributed by atoms with E-state index in [0.29, 0.717) is 25.6 Å². The highest BCUT2D eigenvalue weighted by atomic mass is 16.5. The number of rotatable bonds is 46. The lowest BCUT2D eigenvalue weighted by molar-refractivity contribution is -0.149. The number of hydrogen-bond acceptors (Lipinski definition) is 7. The lowest BCUT2D eigenvalue weighted by atomic mass is 9.91. The minimum Gasteiger partial charge on any atom is -0.466 e. The van der Waals surface area contributed by atoms with Crippen LogP contribution < -0.4 is 0 Å². The lowest BCUT2D eigenvalue weighted by Crippen LogP contribution is -2.21. The Morgan fingerprint density at radius 2 is 0.879 bits per heavy atom. The van der Waals surface area contributed by atoms with Gasteiger partial charge < -0.3 is 19.1 Å². The first-order chi connectivity index (χ1) is 28.4. The van der Waals surface area contributed by atoms with Crippen LogP contribution in [0.4, 0.5) is 0 Å². The molecule has 2 atom stereocenters. The van der Waals surface area contributed by atoms with E-state index in [4.69, 9.17) is 14.2 Å². The van der Waals surface area contributed by atoms with Crippen molar-refractivity contribution in [3.63, 3.8) is 0 Å². The predicted octanol–water partition coefficient (Wildman–Crippen LogP) is 14.7. The number of carbonyl (C=O) groups is 3. The van der Waals surface area contributed by atoms with E-state index < -0.39 is 0 Å². The molecule has 0 aromatic rings. The topological polar surface area (TPSA) is 82.1 Å². The summed E-state index contributed by atoms with van der Waals surface area (Å²) in [5, 5.41) is 0. The van der Waals surface area contributed by atoms with E-state index in [0.717, 1.165) is 116 Å². The number of carbonyl (C=O) groups excluding carboxylic acids is 3. The fourth-order valence-corrected chi connectivity index (χ4v) is 7.76. The minimum atomic E-state index is -0.216. The van der Waals surface area contributed by atoms with Gasteiger partial charge in [-0.05, 0) is 76.8 Å². The van der Waals surface area contributed by atoms with Crippen LogP contribution in [0.1, 0.15) is 247 Å². The average molecular weight is 820 g/mol. The molecule has 0 amide bonds. The summed E-state index contributed by atoms with van der Waals surface area (Å²) in [4.78, 5) is 39.7. The number of hydrogen-bond donors (Lipinski definition) is 0. The van der Waals surface area contributed by atoms with Gasteiger partial charge in [0.05, 0.1) is 19.1 Å². The molecule has 0 aromatic carbocycles. The molecule has 0 aliphatic carbocycles. The number of ketones is 1. The van der Waals surface area contributed by atoms with Gasteiger partial charge in [-0.15, -0.1) is 0 Å². The molecule has 0 aromatic heterocycles. The third kappa shape index (κ3) is 38.3. The van der Waals surface area contributed by atoms with Crippen LogP contribution in [0.5, 0.6) is 0 Å². The van der Waals surface area contributed by atoms with Gasteiger partial charge in [0.2, 0.25) is 0 Å². The van der Waals surface area contributed by atoms with Gasteiger partial charge in [-0.25, -0.2) is 0 Å². The molecule has 2 unspecified atom stereocenters. The maximum Gasteiger partial charge on any atom is 0.308 e. The summed E-state index contributed by atoms with van der Waals surface area (Å²) in [5.41, 5.74) is 0. The molecule has 0 spiro atoms. The normalized spacial score (nSPS) is 12.6. The Kier molecular flexibility index (Phi) is 43.2. The van der Waals surface area contributed by atoms with E-state index in [9.17, 15) is 14.4 Å². The van der Waals surface area contributed by atoms with Gasteiger partial charge >= 0.3 is 11.9 Å². The molecule has 0 heterocycles. The van der Waals surface area contributed by atoms with Gasteiger partial charge in [-0.1, -0.05) is 175 Å². The van der Waals surface area contributed by atoms with Crippen LogP contribution in [0.2, 0.25) is 0 Å². The molecule has 342 valence electrons. The Morgan fingerprint density at radius 1 is 0.466 bits per heavy atom. The number of unbranched alkanes of at least 4 members (excludes halogenated alkanes) is 22. The Balaban J connectivity index is 4.59. The lowest BCUT2D eigenvalue weighted by Gasteiger charge is -2.20. The molecule has 7 nitrogen and oxygen atoms in total. The van der Waals surface area contributed by atoms with E-state index in [-0.39, 0.29) is 30.4 Å². The number of allylic oxidation sites excluding steroid dienone is 1. The standard InChI is InChI=1S/C51H97NO6/c1-6-10-14-18-20-28-37-48(36-26-16-12-8-3)50(54)46-56-43-33-24-22-30-40-52(42-32-35-44-57-47(5)53)41-31-23-25-34-45-58-51(55)49(38-27-17-13-9-4)39-29-21-19-15-11-7-2/h31,41,48-49H,6-30,32-40,42-46H2,1-5H3/b41-31+. The summed E-state index contributed by atoms with van der Waals surface area (Å²) in [6.45, 7) is 14.3. The van der Waals surface area contributed by atoms with Crippen molar-refractivity contribution in [2.75, 3.05) is 39.5 Å². The first kappa shape index (κ1) is 56.1. The largest absolute Gasteiger partial charge is 0.466 e. The minimum absolute atomic E-state index is 0.0289. The van der Waals surface area contributed by atoms with Crippen molar-refractivity contribution in [2.45, 2.75) is 247 Å². The van der Waals surface area contributed by atoms with Crippen LogP contribution in [0.15, 0.2) is 12.3 Å². The summed E-state index contributed by atoms with van der Waals surface area (Å²) in [6.07, 6.45) is 42.4. The van der Waals surface area contributed by atoms with Crippen LogP contribution in [0, 0.1) is 11.8 Å². The third-order valence-electron chi connectivity index (χ3n) is 11.6. The van der Waals surface area contributed by atoms with E-state index in [1.165, 1.54) is 116 Å². The molecular weight excluding hydrogens is 723 g/mol. The maximum atomic E-state index is 13.1. The summed E-state index contributed by atoms with van der Waals surface area (Å²) < 4.78 is 16.9. The predicted molar refractivity (Wildman–Crippen MR) is 246 cm³/mol.